The van der Waals surface area contributed by atoms with Crippen molar-refractivity contribution < 1.29 is 24.2 Å². The summed E-state index contributed by atoms with van der Waals surface area (Å²) in [5.41, 5.74) is 3.70. The van der Waals surface area contributed by atoms with Gasteiger partial charge in [0.05, 0.1) is 6.42 Å². The number of primary amides is 1. The molecule has 0 rings (SSSR count). The Labute approximate surface area is 92.9 Å². The number of hydrogen-bond acceptors (Lipinski definition) is 4. The molecule has 0 aliphatic heterocycles. The van der Waals surface area contributed by atoms with Gasteiger partial charge in [-0.25, -0.2) is 4.79 Å². The lowest BCUT2D eigenvalue weighted by atomic mass is 10.1. The largest absolute Gasteiger partial charge is 0.480 e. The van der Waals surface area contributed by atoms with Crippen LogP contribution in [0.4, 0.5) is 0 Å². The van der Waals surface area contributed by atoms with Gasteiger partial charge < -0.3 is 20.9 Å². The molecule has 92 valence electrons. The van der Waals surface area contributed by atoms with Gasteiger partial charge in [0.25, 0.3) is 5.91 Å². The number of carboxylic acid groups (broad SMARTS) is 1. The van der Waals surface area contributed by atoms with Crippen molar-refractivity contribution in [1.82, 2.24) is 5.32 Å². The topological polar surface area (TPSA) is 119 Å². The van der Waals surface area contributed by atoms with Crippen molar-refractivity contribution in [2.45, 2.75) is 31.9 Å². The summed E-state index contributed by atoms with van der Waals surface area (Å²) in [4.78, 5) is 32.9. The van der Waals surface area contributed by atoms with Crippen molar-refractivity contribution in [2.24, 2.45) is 5.73 Å². The van der Waals surface area contributed by atoms with Crippen LogP contribution in [0.1, 0.15) is 20.3 Å². The fourth-order valence-electron chi connectivity index (χ4n) is 0.826. The quantitative estimate of drug-likeness (QED) is 0.534. The van der Waals surface area contributed by atoms with E-state index in [-0.39, 0.29) is 0 Å². The van der Waals surface area contributed by atoms with Gasteiger partial charge in [-0.15, -0.1) is 0 Å². The van der Waals surface area contributed by atoms with E-state index in [9.17, 15) is 14.4 Å². The van der Waals surface area contributed by atoms with Gasteiger partial charge >= 0.3 is 5.97 Å². The Bertz CT molecular complexity index is 300. The third-order valence-electron chi connectivity index (χ3n) is 2.07. The second kappa shape index (κ2) is 5.45. The molecule has 0 fully saturated rings. The van der Waals surface area contributed by atoms with Crippen LogP contribution >= 0.6 is 0 Å². The van der Waals surface area contributed by atoms with Crippen LogP contribution in [-0.4, -0.2) is 41.6 Å². The standard InChI is InChI=1S/C9H16N2O5/c1-9(2,16-3)8(15)11-5(7(13)14)4-6(10)12/h5H,4H2,1-3H3,(H2,10,12)(H,11,15)(H,13,14)/t5-/m1/s1. The molecule has 0 aromatic rings. The third kappa shape index (κ3) is 4.26. The fraction of sp³-hybridized carbons (Fsp3) is 0.667. The first-order valence-corrected chi connectivity index (χ1v) is 4.58. The molecule has 7 nitrogen and oxygen atoms in total. The molecule has 1 atom stereocenters. The van der Waals surface area contributed by atoms with E-state index < -0.39 is 35.8 Å². The maximum Gasteiger partial charge on any atom is 0.326 e. The van der Waals surface area contributed by atoms with Crippen molar-refractivity contribution in [3.05, 3.63) is 0 Å². The van der Waals surface area contributed by atoms with Crippen LogP contribution in [-0.2, 0) is 19.1 Å². The molecular formula is C9H16N2O5. The smallest absolute Gasteiger partial charge is 0.326 e. The minimum absolute atomic E-state index is 0.457. The number of amides is 2. The maximum atomic E-state index is 11.5. The highest BCUT2D eigenvalue weighted by molar-refractivity contribution is 5.91. The summed E-state index contributed by atoms with van der Waals surface area (Å²) < 4.78 is 4.86. The lowest BCUT2D eigenvalue weighted by Gasteiger charge is -2.24. The predicted octanol–water partition coefficient (Wildman–Crippen LogP) is -1.14. The number of aliphatic carboxylic acids is 1. The first kappa shape index (κ1) is 14.4. The lowest BCUT2D eigenvalue weighted by molar-refractivity contribution is -0.148. The molecule has 2 amide bonds. The molecule has 0 saturated carbocycles. The molecule has 0 aliphatic carbocycles. The second-order valence-electron chi connectivity index (χ2n) is 3.75. The van der Waals surface area contributed by atoms with E-state index in [4.69, 9.17) is 15.6 Å². The molecule has 0 radical (unpaired) electrons. The van der Waals surface area contributed by atoms with Crippen LogP contribution in [0.2, 0.25) is 0 Å². The Hall–Kier alpha value is -1.63. The average Bonchev–Trinajstić information content (AvgIpc) is 2.15. The number of ether oxygens (including phenoxy) is 1. The fourth-order valence-corrected chi connectivity index (χ4v) is 0.826. The summed E-state index contributed by atoms with van der Waals surface area (Å²) >= 11 is 0. The highest BCUT2D eigenvalue weighted by Crippen LogP contribution is 2.08. The minimum Gasteiger partial charge on any atom is -0.480 e. The number of rotatable bonds is 6. The molecule has 0 saturated heterocycles. The molecular weight excluding hydrogens is 216 g/mol. The van der Waals surface area contributed by atoms with Gasteiger partial charge in [0.15, 0.2) is 0 Å². The summed E-state index contributed by atoms with van der Waals surface area (Å²) in [6, 6.07) is -1.33. The number of carbonyl (C=O) groups excluding carboxylic acids is 2. The van der Waals surface area contributed by atoms with Crippen molar-refractivity contribution in [3.8, 4) is 0 Å². The van der Waals surface area contributed by atoms with Crippen molar-refractivity contribution in [1.29, 1.82) is 0 Å². The zero-order valence-electron chi connectivity index (χ0n) is 9.44. The van der Waals surface area contributed by atoms with Gasteiger partial charge in [-0.2, -0.15) is 0 Å². The monoisotopic (exact) mass is 232 g/mol. The second-order valence-corrected chi connectivity index (χ2v) is 3.75. The number of nitrogens with one attached hydrogen (secondary N) is 1. The van der Waals surface area contributed by atoms with E-state index in [0.29, 0.717) is 0 Å². The SMILES string of the molecule is COC(C)(C)C(=O)N[C@H](CC(N)=O)C(=O)O. The van der Waals surface area contributed by atoms with Gasteiger partial charge in [-0.05, 0) is 13.8 Å². The third-order valence-corrected chi connectivity index (χ3v) is 2.07. The van der Waals surface area contributed by atoms with Gasteiger partial charge in [0.1, 0.15) is 11.6 Å². The summed E-state index contributed by atoms with van der Waals surface area (Å²) in [5, 5.41) is 10.9. The Balaban J connectivity index is 4.58. The van der Waals surface area contributed by atoms with Crippen molar-refractivity contribution in [3.63, 3.8) is 0 Å². The molecule has 4 N–H and O–H groups in total. The number of hydrogen-bond donors (Lipinski definition) is 3. The van der Waals surface area contributed by atoms with Crippen molar-refractivity contribution >= 4 is 17.8 Å². The molecule has 0 aromatic carbocycles. The Morgan fingerprint density at radius 3 is 2.25 bits per heavy atom. The Kier molecular flexibility index (Phi) is 4.90. The normalized spacial score (nSPS) is 12.9. The number of carbonyl (C=O) groups is 3. The first-order chi connectivity index (χ1) is 7.20. The molecule has 0 aromatic heterocycles. The molecule has 0 heterocycles. The van der Waals surface area contributed by atoms with Crippen LogP contribution in [0, 0.1) is 0 Å². The van der Waals surface area contributed by atoms with E-state index >= 15 is 0 Å². The van der Waals surface area contributed by atoms with Crippen LogP contribution in [0.5, 0.6) is 0 Å². The maximum absolute atomic E-state index is 11.5. The van der Waals surface area contributed by atoms with Gasteiger partial charge in [0, 0.05) is 7.11 Å². The Morgan fingerprint density at radius 1 is 1.44 bits per heavy atom. The number of carboxylic acids is 1. The highest BCUT2D eigenvalue weighted by atomic mass is 16.5. The summed E-state index contributed by atoms with van der Waals surface area (Å²) in [6.45, 7) is 2.96. The first-order valence-electron chi connectivity index (χ1n) is 4.58. The Morgan fingerprint density at radius 2 is 1.94 bits per heavy atom. The highest BCUT2D eigenvalue weighted by Gasteiger charge is 2.31. The zero-order valence-corrected chi connectivity index (χ0v) is 9.44. The molecule has 0 unspecified atom stereocenters. The number of methoxy groups -OCH3 is 1. The zero-order chi connectivity index (χ0) is 12.9. The molecule has 0 spiro atoms. The predicted molar refractivity (Wildman–Crippen MR) is 54.5 cm³/mol. The van der Waals surface area contributed by atoms with Gasteiger partial charge in [-0.1, -0.05) is 0 Å². The van der Waals surface area contributed by atoms with E-state index in [0.717, 1.165) is 0 Å². The molecule has 0 bridgehead atoms. The summed E-state index contributed by atoms with van der Waals surface area (Å²) in [7, 11) is 1.32. The van der Waals surface area contributed by atoms with Crippen LogP contribution in [0.3, 0.4) is 0 Å². The molecule has 16 heavy (non-hydrogen) atoms. The van der Waals surface area contributed by atoms with Crippen LogP contribution < -0.4 is 11.1 Å². The minimum atomic E-state index is -1.33. The summed E-state index contributed by atoms with van der Waals surface area (Å²) in [6.07, 6.45) is -0.457. The van der Waals surface area contributed by atoms with E-state index in [1.165, 1.54) is 21.0 Å². The van der Waals surface area contributed by atoms with E-state index in [1.807, 2.05) is 0 Å². The molecule has 0 aliphatic rings. The number of nitrogens with two attached hydrogens (primary N) is 1. The van der Waals surface area contributed by atoms with Gasteiger partial charge in [0.2, 0.25) is 5.91 Å². The van der Waals surface area contributed by atoms with E-state index in [1.54, 1.807) is 0 Å². The summed E-state index contributed by atoms with van der Waals surface area (Å²) in [5.74, 6) is -2.74. The molecule has 7 heteroatoms. The average molecular weight is 232 g/mol. The van der Waals surface area contributed by atoms with Crippen molar-refractivity contribution in [2.75, 3.05) is 7.11 Å². The van der Waals surface area contributed by atoms with E-state index in [2.05, 4.69) is 5.32 Å². The van der Waals surface area contributed by atoms with Crippen LogP contribution in [0.25, 0.3) is 0 Å². The van der Waals surface area contributed by atoms with Crippen LogP contribution in [0.15, 0.2) is 0 Å². The lowest BCUT2D eigenvalue weighted by Crippen LogP contribution is -2.51. The van der Waals surface area contributed by atoms with Gasteiger partial charge in [-0.3, -0.25) is 9.59 Å².